The van der Waals surface area contributed by atoms with Crippen molar-refractivity contribution >= 4 is 5.82 Å². The summed E-state index contributed by atoms with van der Waals surface area (Å²) in [4.78, 5) is 3.91. The van der Waals surface area contributed by atoms with E-state index in [-0.39, 0.29) is 23.8 Å². The van der Waals surface area contributed by atoms with Crippen LogP contribution in [0.3, 0.4) is 0 Å². The first-order chi connectivity index (χ1) is 7.27. The van der Waals surface area contributed by atoms with Crippen molar-refractivity contribution in [1.29, 1.82) is 0 Å². The maximum atomic E-state index is 13.3. The predicted molar refractivity (Wildman–Crippen MR) is 56.1 cm³/mol. The van der Waals surface area contributed by atoms with Gasteiger partial charge in [0.25, 0.3) is 0 Å². The highest BCUT2D eigenvalue weighted by molar-refractivity contribution is 5.37. The number of hydrogen-bond donors (Lipinski definition) is 2. The van der Waals surface area contributed by atoms with Crippen molar-refractivity contribution in [3.05, 3.63) is 24.1 Å². The number of pyridine rings is 1. The minimum absolute atomic E-state index is 0.0665. The lowest BCUT2D eigenvalue weighted by molar-refractivity contribution is 0.116. The van der Waals surface area contributed by atoms with Crippen molar-refractivity contribution in [2.45, 2.75) is 37.8 Å². The highest BCUT2D eigenvalue weighted by Crippen LogP contribution is 2.22. The van der Waals surface area contributed by atoms with Crippen LogP contribution in [-0.4, -0.2) is 22.2 Å². The van der Waals surface area contributed by atoms with E-state index >= 15 is 0 Å². The zero-order valence-corrected chi connectivity index (χ0v) is 8.49. The first kappa shape index (κ1) is 10.4. The van der Waals surface area contributed by atoms with Gasteiger partial charge < -0.3 is 10.4 Å². The second-order valence-electron chi connectivity index (χ2n) is 3.94. The topological polar surface area (TPSA) is 45.1 Å². The minimum atomic E-state index is -0.389. The van der Waals surface area contributed by atoms with Gasteiger partial charge in [-0.2, -0.15) is 0 Å². The number of anilines is 1. The second-order valence-corrected chi connectivity index (χ2v) is 3.94. The van der Waals surface area contributed by atoms with E-state index in [1.54, 1.807) is 12.3 Å². The molecule has 0 amide bonds. The summed E-state index contributed by atoms with van der Waals surface area (Å²) in [6.07, 6.45) is 4.93. The molecular weight excluding hydrogens is 195 g/mol. The SMILES string of the molecule is O[C@H]1CCCC[C@H]1Nc1ncccc1F. The highest BCUT2D eigenvalue weighted by Gasteiger charge is 2.23. The van der Waals surface area contributed by atoms with E-state index in [1.165, 1.54) is 6.07 Å². The fourth-order valence-electron chi connectivity index (χ4n) is 1.95. The normalized spacial score (nSPS) is 26.3. The lowest BCUT2D eigenvalue weighted by Crippen LogP contribution is -2.36. The Hall–Kier alpha value is -1.16. The molecule has 1 saturated carbocycles. The summed E-state index contributed by atoms with van der Waals surface area (Å²) in [5.74, 6) is -0.126. The summed E-state index contributed by atoms with van der Waals surface area (Å²) >= 11 is 0. The second kappa shape index (κ2) is 4.57. The summed E-state index contributed by atoms with van der Waals surface area (Å²) in [6, 6.07) is 2.85. The van der Waals surface area contributed by atoms with Crippen molar-refractivity contribution in [2.75, 3.05) is 5.32 Å². The van der Waals surface area contributed by atoms with Crippen LogP contribution in [0.1, 0.15) is 25.7 Å². The summed E-state index contributed by atoms with van der Waals surface area (Å²) < 4.78 is 13.3. The van der Waals surface area contributed by atoms with Crippen LogP contribution >= 0.6 is 0 Å². The average Bonchev–Trinajstić information content (AvgIpc) is 2.24. The summed E-state index contributed by atoms with van der Waals surface area (Å²) in [7, 11) is 0. The van der Waals surface area contributed by atoms with Gasteiger partial charge in [0.1, 0.15) is 0 Å². The Kier molecular flexibility index (Phi) is 3.16. The third kappa shape index (κ3) is 2.45. The molecule has 1 aromatic rings. The van der Waals surface area contributed by atoms with Crippen LogP contribution in [0, 0.1) is 5.82 Å². The summed E-state index contributed by atoms with van der Waals surface area (Å²) in [5, 5.41) is 12.7. The number of aliphatic hydroxyl groups is 1. The molecule has 2 rings (SSSR count). The Labute approximate surface area is 88.3 Å². The number of nitrogens with zero attached hydrogens (tertiary/aromatic N) is 1. The minimum Gasteiger partial charge on any atom is -0.391 e. The molecule has 82 valence electrons. The molecule has 4 heteroatoms. The van der Waals surface area contributed by atoms with Crippen molar-refractivity contribution < 1.29 is 9.50 Å². The first-order valence-corrected chi connectivity index (χ1v) is 5.32. The van der Waals surface area contributed by atoms with E-state index in [0.717, 1.165) is 25.7 Å². The van der Waals surface area contributed by atoms with Gasteiger partial charge in [-0.05, 0) is 25.0 Å². The van der Waals surface area contributed by atoms with E-state index in [2.05, 4.69) is 10.3 Å². The van der Waals surface area contributed by atoms with Gasteiger partial charge in [-0.3, -0.25) is 0 Å². The van der Waals surface area contributed by atoms with Gasteiger partial charge in [-0.15, -0.1) is 0 Å². The van der Waals surface area contributed by atoms with Crippen LogP contribution in [0.2, 0.25) is 0 Å². The molecule has 0 saturated heterocycles. The molecule has 1 aliphatic rings. The van der Waals surface area contributed by atoms with Crippen molar-refractivity contribution in [1.82, 2.24) is 4.98 Å². The molecule has 3 nitrogen and oxygen atoms in total. The monoisotopic (exact) mass is 210 g/mol. The molecule has 0 aromatic carbocycles. The number of rotatable bonds is 2. The van der Waals surface area contributed by atoms with E-state index in [9.17, 15) is 9.50 Å². The largest absolute Gasteiger partial charge is 0.391 e. The quantitative estimate of drug-likeness (QED) is 0.784. The number of aliphatic hydroxyl groups excluding tert-OH is 1. The standard InChI is InChI=1S/C11H15FN2O/c12-8-4-3-7-13-11(8)14-9-5-1-2-6-10(9)15/h3-4,7,9-10,15H,1-2,5-6H2,(H,13,14)/t9-,10+/m1/s1. The van der Waals surface area contributed by atoms with Gasteiger partial charge in [0, 0.05) is 6.20 Å². The van der Waals surface area contributed by atoms with Gasteiger partial charge in [0.2, 0.25) is 0 Å². The molecule has 1 heterocycles. The number of nitrogens with one attached hydrogen (secondary N) is 1. The molecule has 0 radical (unpaired) electrons. The van der Waals surface area contributed by atoms with Gasteiger partial charge in [-0.25, -0.2) is 9.37 Å². The van der Waals surface area contributed by atoms with Gasteiger partial charge in [0.05, 0.1) is 12.1 Å². The Morgan fingerprint density at radius 3 is 2.93 bits per heavy atom. The highest BCUT2D eigenvalue weighted by atomic mass is 19.1. The van der Waals surface area contributed by atoms with Gasteiger partial charge in [-0.1, -0.05) is 12.8 Å². The first-order valence-electron chi connectivity index (χ1n) is 5.32. The lowest BCUT2D eigenvalue weighted by Gasteiger charge is -2.28. The third-order valence-electron chi connectivity index (χ3n) is 2.81. The fourth-order valence-corrected chi connectivity index (χ4v) is 1.95. The van der Waals surface area contributed by atoms with Gasteiger partial charge >= 0.3 is 0 Å². The van der Waals surface area contributed by atoms with Crippen LogP contribution in [0.5, 0.6) is 0 Å². The summed E-state index contributed by atoms with van der Waals surface area (Å²) in [5.41, 5.74) is 0. The molecule has 0 unspecified atom stereocenters. The van der Waals surface area contributed by atoms with Gasteiger partial charge in [0.15, 0.2) is 11.6 Å². The van der Waals surface area contributed by atoms with Crippen LogP contribution in [0.15, 0.2) is 18.3 Å². The van der Waals surface area contributed by atoms with Crippen molar-refractivity contribution in [2.24, 2.45) is 0 Å². The molecular formula is C11H15FN2O. The lowest BCUT2D eigenvalue weighted by atomic mass is 9.92. The van der Waals surface area contributed by atoms with Crippen molar-refractivity contribution in [3.8, 4) is 0 Å². The van der Waals surface area contributed by atoms with E-state index in [0.29, 0.717) is 0 Å². The molecule has 0 aliphatic heterocycles. The van der Waals surface area contributed by atoms with Crippen LogP contribution in [0.4, 0.5) is 10.2 Å². The Balaban J connectivity index is 2.04. The van der Waals surface area contributed by atoms with E-state index in [1.807, 2.05) is 0 Å². The number of hydrogen-bond acceptors (Lipinski definition) is 3. The molecule has 1 fully saturated rings. The maximum Gasteiger partial charge on any atom is 0.165 e. The average molecular weight is 210 g/mol. The molecule has 0 spiro atoms. The van der Waals surface area contributed by atoms with Crippen molar-refractivity contribution in [3.63, 3.8) is 0 Å². The molecule has 0 bridgehead atoms. The van der Waals surface area contributed by atoms with Crippen LogP contribution in [-0.2, 0) is 0 Å². The zero-order valence-electron chi connectivity index (χ0n) is 8.49. The molecule has 2 atom stereocenters. The summed E-state index contributed by atoms with van der Waals surface area (Å²) in [6.45, 7) is 0. The Morgan fingerprint density at radius 1 is 1.40 bits per heavy atom. The van der Waals surface area contributed by atoms with E-state index < -0.39 is 0 Å². The van der Waals surface area contributed by atoms with Crippen LogP contribution < -0.4 is 5.32 Å². The maximum absolute atomic E-state index is 13.3. The smallest absolute Gasteiger partial charge is 0.165 e. The van der Waals surface area contributed by atoms with E-state index in [4.69, 9.17) is 0 Å². The predicted octanol–water partition coefficient (Wildman–Crippen LogP) is 1.94. The van der Waals surface area contributed by atoms with Crippen LogP contribution in [0.25, 0.3) is 0 Å². The zero-order chi connectivity index (χ0) is 10.7. The number of aromatic nitrogens is 1. The Morgan fingerprint density at radius 2 is 2.20 bits per heavy atom. The fraction of sp³-hybridized carbons (Fsp3) is 0.545. The molecule has 2 N–H and O–H groups in total. The molecule has 1 aliphatic carbocycles. The molecule has 15 heavy (non-hydrogen) atoms. The third-order valence-corrected chi connectivity index (χ3v) is 2.81. The Bertz CT molecular complexity index is 332. The molecule has 1 aromatic heterocycles. The number of halogens is 1.